The SMILES string of the molecule is O=C(O)CSc1n[nH]c(-c2cccc(O)c2O)n1. The van der Waals surface area contributed by atoms with Crippen molar-refractivity contribution in [2.45, 2.75) is 5.16 Å². The van der Waals surface area contributed by atoms with Crippen molar-refractivity contribution in [1.82, 2.24) is 15.2 Å². The largest absolute Gasteiger partial charge is 0.504 e. The van der Waals surface area contributed by atoms with Crippen molar-refractivity contribution < 1.29 is 20.1 Å². The monoisotopic (exact) mass is 267 g/mol. The van der Waals surface area contributed by atoms with Gasteiger partial charge in [0.05, 0.1) is 11.3 Å². The summed E-state index contributed by atoms with van der Waals surface area (Å²) >= 11 is 0.957. The van der Waals surface area contributed by atoms with Crippen molar-refractivity contribution in [2.75, 3.05) is 5.75 Å². The van der Waals surface area contributed by atoms with Gasteiger partial charge in [0.25, 0.3) is 0 Å². The van der Waals surface area contributed by atoms with Crippen molar-refractivity contribution >= 4 is 17.7 Å². The molecule has 1 aromatic heterocycles. The van der Waals surface area contributed by atoms with E-state index in [1.54, 1.807) is 12.1 Å². The van der Waals surface area contributed by atoms with Gasteiger partial charge in [-0.15, -0.1) is 5.10 Å². The molecule has 4 N–H and O–H groups in total. The molecular weight excluding hydrogens is 258 g/mol. The summed E-state index contributed by atoms with van der Waals surface area (Å²) in [5.41, 5.74) is 0.296. The Kier molecular flexibility index (Phi) is 3.38. The highest BCUT2D eigenvalue weighted by Gasteiger charge is 2.13. The maximum absolute atomic E-state index is 10.4. The lowest BCUT2D eigenvalue weighted by Gasteiger charge is -2.01. The first-order valence-electron chi connectivity index (χ1n) is 4.86. The number of aromatic hydroxyl groups is 2. The Morgan fingerprint density at radius 2 is 2.17 bits per heavy atom. The molecule has 0 radical (unpaired) electrons. The summed E-state index contributed by atoms with van der Waals surface area (Å²) < 4.78 is 0. The van der Waals surface area contributed by atoms with E-state index in [0.717, 1.165) is 11.8 Å². The highest BCUT2D eigenvalue weighted by molar-refractivity contribution is 7.99. The fourth-order valence-electron chi connectivity index (χ4n) is 1.28. The zero-order valence-electron chi connectivity index (χ0n) is 8.99. The van der Waals surface area contributed by atoms with Crippen LogP contribution in [0, 0.1) is 0 Å². The molecule has 0 saturated heterocycles. The summed E-state index contributed by atoms with van der Waals surface area (Å²) in [4.78, 5) is 14.4. The van der Waals surface area contributed by atoms with Gasteiger partial charge >= 0.3 is 5.97 Å². The van der Waals surface area contributed by atoms with Crippen LogP contribution < -0.4 is 0 Å². The minimum atomic E-state index is -0.966. The zero-order chi connectivity index (χ0) is 13.1. The van der Waals surface area contributed by atoms with E-state index in [4.69, 9.17) is 5.11 Å². The number of aromatic amines is 1. The second-order valence-corrected chi connectivity index (χ2v) is 4.26. The zero-order valence-corrected chi connectivity index (χ0v) is 9.81. The first-order chi connectivity index (χ1) is 8.58. The van der Waals surface area contributed by atoms with Crippen molar-refractivity contribution in [3.63, 3.8) is 0 Å². The Bertz CT molecular complexity index is 584. The lowest BCUT2D eigenvalue weighted by atomic mass is 10.2. The third-order valence-corrected chi connectivity index (χ3v) is 2.89. The molecule has 0 aliphatic heterocycles. The minimum Gasteiger partial charge on any atom is -0.504 e. The van der Waals surface area contributed by atoms with E-state index in [2.05, 4.69) is 15.2 Å². The third-order valence-electron chi connectivity index (χ3n) is 2.06. The number of carbonyl (C=O) groups is 1. The average molecular weight is 267 g/mol. The summed E-state index contributed by atoms with van der Waals surface area (Å²) in [6.07, 6.45) is 0. The van der Waals surface area contributed by atoms with Crippen LogP contribution in [0.1, 0.15) is 0 Å². The van der Waals surface area contributed by atoms with E-state index in [1.807, 2.05) is 0 Å². The lowest BCUT2D eigenvalue weighted by molar-refractivity contribution is -0.133. The Balaban J connectivity index is 2.24. The summed E-state index contributed by atoms with van der Waals surface area (Å²) in [5.74, 6) is -1.42. The van der Waals surface area contributed by atoms with Crippen LogP contribution in [0.15, 0.2) is 23.4 Å². The Morgan fingerprint density at radius 1 is 1.39 bits per heavy atom. The number of nitrogens with one attached hydrogen (secondary N) is 1. The molecule has 0 spiro atoms. The standard InChI is InChI=1S/C10H9N3O4S/c14-6-3-1-2-5(8(6)17)9-11-10(13-12-9)18-4-7(15)16/h1-3,14,17H,4H2,(H,15,16)(H,11,12,13). The van der Waals surface area contributed by atoms with E-state index in [9.17, 15) is 15.0 Å². The van der Waals surface area contributed by atoms with Gasteiger partial charge < -0.3 is 15.3 Å². The number of hydrogen-bond acceptors (Lipinski definition) is 6. The van der Waals surface area contributed by atoms with Crippen LogP contribution in [0.5, 0.6) is 11.5 Å². The molecule has 0 unspecified atom stereocenters. The van der Waals surface area contributed by atoms with Gasteiger partial charge in [-0.1, -0.05) is 17.8 Å². The van der Waals surface area contributed by atoms with Gasteiger partial charge in [0.15, 0.2) is 17.3 Å². The normalized spacial score (nSPS) is 10.4. The second kappa shape index (κ2) is 4.96. The summed E-state index contributed by atoms with van der Waals surface area (Å²) in [5, 5.41) is 34.1. The number of phenols is 2. The molecule has 1 heterocycles. The molecule has 0 bridgehead atoms. The van der Waals surface area contributed by atoms with Gasteiger partial charge in [-0.3, -0.25) is 9.89 Å². The summed E-state index contributed by atoms with van der Waals surface area (Å²) in [6, 6.07) is 4.45. The number of nitrogens with zero attached hydrogens (tertiary/aromatic N) is 2. The smallest absolute Gasteiger partial charge is 0.313 e. The Morgan fingerprint density at radius 3 is 2.89 bits per heavy atom. The number of aromatic nitrogens is 3. The van der Waals surface area contributed by atoms with Crippen molar-refractivity contribution in [3.05, 3.63) is 18.2 Å². The van der Waals surface area contributed by atoms with E-state index in [1.165, 1.54) is 6.07 Å². The molecule has 0 fully saturated rings. The van der Waals surface area contributed by atoms with Gasteiger partial charge in [0, 0.05) is 0 Å². The predicted octanol–water partition coefficient (Wildman–Crippen LogP) is 1.06. The first kappa shape index (κ1) is 12.2. The van der Waals surface area contributed by atoms with Crippen molar-refractivity contribution in [1.29, 1.82) is 0 Å². The van der Waals surface area contributed by atoms with Gasteiger partial charge in [-0.2, -0.15) is 0 Å². The molecule has 18 heavy (non-hydrogen) atoms. The van der Waals surface area contributed by atoms with Crippen LogP contribution in [0.25, 0.3) is 11.4 Å². The van der Waals surface area contributed by atoms with Gasteiger partial charge in [-0.25, -0.2) is 4.98 Å². The Labute approximate surface area is 106 Å². The molecule has 2 rings (SSSR count). The molecule has 1 aromatic carbocycles. The third kappa shape index (κ3) is 2.54. The molecule has 8 heteroatoms. The molecule has 0 aliphatic carbocycles. The fraction of sp³-hybridized carbons (Fsp3) is 0.100. The lowest BCUT2D eigenvalue weighted by Crippen LogP contribution is -1.97. The van der Waals surface area contributed by atoms with Crippen LogP contribution in [0.2, 0.25) is 0 Å². The van der Waals surface area contributed by atoms with E-state index < -0.39 is 5.97 Å². The number of carboxylic acids is 1. The molecule has 0 atom stereocenters. The number of thioether (sulfide) groups is 1. The molecule has 0 amide bonds. The first-order valence-corrected chi connectivity index (χ1v) is 5.85. The van der Waals surface area contributed by atoms with Gasteiger partial charge in [-0.05, 0) is 12.1 Å². The van der Waals surface area contributed by atoms with Crippen LogP contribution in [-0.4, -0.2) is 42.2 Å². The number of aliphatic carboxylic acids is 1. The number of carboxylic acid groups (broad SMARTS) is 1. The topological polar surface area (TPSA) is 119 Å². The number of benzene rings is 1. The van der Waals surface area contributed by atoms with Gasteiger partial charge in [0.2, 0.25) is 5.16 Å². The molecule has 7 nitrogen and oxygen atoms in total. The molecule has 94 valence electrons. The minimum absolute atomic E-state index is 0.149. The van der Waals surface area contributed by atoms with Crippen LogP contribution in [-0.2, 0) is 4.79 Å². The molecule has 0 aliphatic rings. The van der Waals surface area contributed by atoms with E-state index in [-0.39, 0.29) is 28.2 Å². The molecular formula is C10H9N3O4S. The van der Waals surface area contributed by atoms with Crippen molar-refractivity contribution in [3.8, 4) is 22.9 Å². The maximum atomic E-state index is 10.4. The molecule has 0 saturated carbocycles. The van der Waals surface area contributed by atoms with Crippen LogP contribution in [0.4, 0.5) is 0 Å². The highest BCUT2D eigenvalue weighted by Crippen LogP contribution is 2.34. The summed E-state index contributed by atoms with van der Waals surface area (Å²) in [7, 11) is 0. The van der Waals surface area contributed by atoms with Crippen LogP contribution >= 0.6 is 11.8 Å². The quantitative estimate of drug-likeness (QED) is 0.483. The average Bonchev–Trinajstić information content (AvgIpc) is 2.78. The number of hydrogen-bond donors (Lipinski definition) is 4. The number of phenolic OH excluding ortho intramolecular Hbond substituents is 2. The summed E-state index contributed by atoms with van der Waals surface area (Å²) in [6.45, 7) is 0. The number of rotatable bonds is 4. The second-order valence-electron chi connectivity index (χ2n) is 3.32. The highest BCUT2D eigenvalue weighted by atomic mass is 32.2. The fourth-order valence-corrected chi connectivity index (χ4v) is 1.80. The van der Waals surface area contributed by atoms with E-state index in [0.29, 0.717) is 5.56 Å². The number of para-hydroxylation sites is 1. The molecule has 2 aromatic rings. The van der Waals surface area contributed by atoms with Crippen molar-refractivity contribution in [2.24, 2.45) is 0 Å². The van der Waals surface area contributed by atoms with Gasteiger partial charge in [0.1, 0.15) is 0 Å². The maximum Gasteiger partial charge on any atom is 0.313 e. The number of H-pyrrole nitrogens is 1. The predicted molar refractivity (Wildman–Crippen MR) is 63.5 cm³/mol. The van der Waals surface area contributed by atoms with E-state index >= 15 is 0 Å². The Hall–Kier alpha value is -2.22. The van der Waals surface area contributed by atoms with Crippen LogP contribution in [0.3, 0.4) is 0 Å².